The lowest BCUT2D eigenvalue weighted by atomic mass is 10.0. The van der Waals surface area contributed by atoms with Gasteiger partial charge in [0.1, 0.15) is 0 Å². The molecule has 0 aromatic carbocycles. The van der Waals surface area contributed by atoms with Crippen LogP contribution in [-0.4, -0.2) is 22.2 Å². The van der Waals surface area contributed by atoms with E-state index >= 15 is 0 Å². The Balaban J connectivity index is 3.62. The topological polar surface area (TPSA) is 74.6 Å². The molecule has 18 heavy (non-hydrogen) atoms. The molecule has 0 spiro atoms. The predicted molar refractivity (Wildman–Crippen MR) is 70.6 cm³/mol. The van der Waals surface area contributed by atoms with E-state index in [-0.39, 0.29) is 6.42 Å². The van der Waals surface area contributed by atoms with Crippen LogP contribution in [0.1, 0.15) is 64.7 Å². The number of allylic oxidation sites excluding steroid dienone is 1. The minimum Gasteiger partial charge on any atom is -0.481 e. The molecule has 4 heteroatoms. The molecule has 0 radical (unpaired) electrons. The molecule has 0 aromatic rings. The van der Waals surface area contributed by atoms with Crippen molar-refractivity contribution in [2.45, 2.75) is 64.7 Å². The Morgan fingerprint density at radius 2 is 1.50 bits per heavy atom. The summed E-state index contributed by atoms with van der Waals surface area (Å²) in [6.07, 6.45) is 8.89. The van der Waals surface area contributed by atoms with Crippen molar-refractivity contribution in [3.63, 3.8) is 0 Å². The largest absolute Gasteiger partial charge is 0.481 e. The van der Waals surface area contributed by atoms with E-state index in [4.69, 9.17) is 10.2 Å². The van der Waals surface area contributed by atoms with Crippen molar-refractivity contribution in [2.75, 3.05) is 0 Å². The number of unbranched alkanes of at least 4 members (excludes halogenated alkanes) is 5. The molecule has 0 amide bonds. The zero-order chi connectivity index (χ0) is 13.8. The van der Waals surface area contributed by atoms with Crippen molar-refractivity contribution in [3.05, 3.63) is 11.6 Å². The van der Waals surface area contributed by atoms with Gasteiger partial charge in [0.2, 0.25) is 0 Å². The minimum absolute atomic E-state index is 0.233. The first-order valence-corrected chi connectivity index (χ1v) is 6.72. The number of carboxylic acids is 2. The Labute approximate surface area is 109 Å². The molecule has 2 N–H and O–H groups in total. The molecule has 4 nitrogen and oxygen atoms in total. The van der Waals surface area contributed by atoms with Crippen molar-refractivity contribution in [1.29, 1.82) is 0 Å². The van der Waals surface area contributed by atoms with Gasteiger partial charge in [-0.25, -0.2) is 4.79 Å². The zero-order valence-electron chi connectivity index (χ0n) is 11.2. The van der Waals surface area contributed by atoms with Crippen LogP contribution in [0.15, 0.2) is 11.6 Å². The smallest absolute Gasteiger partial charge is 0.331 e. The second-order valence-corrected chi connectivity index (χ2v) is 4.48. The van der Waals surface area contributed by atoms with Crippen LogP contribution in [0.4, 0.5) is 0 Å². The van der Waals surface area contributed by atoms with Crippen molar-refractivity contribution >= 4 is 11.9 Å². The molecule has 0 unspecified atom stereocenters. The Morgan fingerprint density at radius 3 is 2.00 bits per heavy atom. The van der Waals surface area contributed by atoms with Gasteiger partial charge in [0.15, 0.2) is 0 Å². The predicted octanol–water partition coefficient (Wildman–Crippen LogP) is 3.61. The molecule has 0 fully saturated rings. The molecule has 104 valence electrons. The highest BCUT2D eigenvalue weighted by atomic mass is 16.4. The monoisotopic (exact) mass is 256 g/mol. The summed E-state index contributed by atoms with van der Waals surface area (Å²) >= 11 is 0. The molecule has 0 heterocycles. The SMILES string of the molecule is CCCC=C(CCCCCCCC(=O)O)C(=O)O. The van der Waals surface area contributed by atoms with Crippen LogP contribution in [-0.2, 0) is 9.59 Å². The fourth-order valence-corrected chi connectivity index (χ4v) is 1.74. The third-order valence-corrected chi connectivity index (χ3v) is 2.79. The average molecular weight is 256 g/mol. The Bertz CT molecular complexity index is 282. The summed E-state index contributed by atoms with van der Waals surface area (Å²) in [5.41, 5.74) is 0.516. The van der Waals surface area contributed by atoms with E-state index in [0.717, 1.165) is 38.5 Å². The lowest BCUT2D eigenvalue weighted by molar-refractivity contribution is -0.137. The highest BCUT2D eigenvalue weighted by Crippen LogP contribution is 2.13. The fraction of sp³-hybridized carbons (Fsp3) is 0.714. The van der Waals surface area contributed by atoms with Gasteiger partial charge in [-0.1, -0.05) is 38.7 Å². The summed E-state index contributed by atoms with van der Waals surface area (Å²) < 4.78 is 0. The summed E-state index contributed by atoms with van der Waals surface area (Å²) in [6.45, 7) is 2.03. The van der Waals surface area contributed by atoms with Gasteiger partial charge in [-0.05, 0) is 25.7 Å². The zero-order valence-corrected chi connectivity index (χ0v) is 11.2. The summed E-state index contributed by atoms with van der Waals surface area (Å²) in [4.78, 5) is 21.2. The van der Waals surface area contributed by atoms with Crippen LogP contribution in [0.3, 0.4) is 0 Å². The number of carbonyl (C=O) groups is 2. The lowest BCUT2D eigenvalue weighted by Gasteiger charge is -2.03. The summed E-state index contributed by atoms with van der Waals surface area (Å²) in [7, 11) is 0. The van der Waals surface area contributed by atoms with E-state index in [1.165, 1.54) is 0 Å². The van der Waals surface area contributed by atoms with Gasteiger partial charge in [0.05, 0.1) is 0 Å². The van der Waals surface area contributed by atoms with Crippen LogP contribution >= 0.6 is 0 Å². The highest BCUT2D eigenvalue weighted by Gasteiger charge is 2.05. The first-order valence-electron chi connectivity index (χ1n) is 6.72. The van der Waals surface area contributed by atoms with E-state index in [1.807, 2.05) is 13.0 Å². The van der Waals surface area contributed by atoms with Gasteiger partial charge >= 0.3 is 11.9 Å². The molecule has 0 aliphatic rings. The molecule has 0 saturated heterocycles. The van der Waals surface area contributed by atoms with Crippen molar-refractivity contribution in [1.82, 2.24) is 0 Å². The van der Waals surface area contributed by atoms with Crippen LogP contribution in [0, 0.1) is 0 Å². The molecule has 0 saturated carbocycles. The summed E-state index contributed by atoms with van der Waals surface area (Å²) in [5, 5.41) is 17.4. The van der Waals surface area contributed by atoms with Crippen molar-refractivity contribution in [3.8, 4) is 0 Å². The molecule has 0 aliphatic carbocycles. The Hall–Kier alpha value is -1.32. The van der Waals surface area contributed by atoms with E-state index in [1.54, 1.807) is 0 Å². The van der Waals surface area contributed by atoms with Gasteiger partial charge in [-0.2, -0.15) is 0 Å². The lowest BCUT2D eigenvalue weighted by Crippen LogP contribution is -2.00. The highest BCUT2D eigenvalue weighted by molar-refractivity contribution is 5.86. The quantitative estimate of drug-likeness (QED) is 0.437. The van der Waals surface area contributed by atoms with Crippen molar-refractivity contribution < 1.29 is 19.8 Å². The minimum atomic E-state index is -0.811. The average Bonchev–Trinajstić information content (AvgIpc) is 2.30. The van der Waals surface area contributed by atoms with Crippen LogP contribution < -0.4 is 0 Å². The second-order valence-electron chi connectivity index (χ2n) is 4.48. The fourth-order valence-electron chi connectivity index (χ4n) is 1.74. The number of hydrogen-bond acceptors (Lipinski definition) is 2. The van der Waals surface area contributed by atoms with E-state index in [9.17, 15) is 9.59 Å². The van der Waals surface area contributed by atoms with Crippen molar-refractivity contribution in [2.24, 2.45) is 0 Å². The number of rotatable bonds is 11. The first kappa shape index (κ1) is 16.7. The van der Waals surface area contributed by atoms with Gasteiger partial charge in [0.25, 0.3) is 0 Å². The van der Waals surface area contributed by atoms with Gasteiger partial charge in [-0.3, -0.25) is 4.79 Å². The molecule has 0 bridgehead atoms. The van der Waals surface area contributed by atoms with Crippen LogP contribution in [0.5, 0.6) is 0 Å². The first-order chi connectivity index (χ1) is 8.57. The number of carboxylic acid groups (broad SMARTS) is 2. The molecule has 0 atom stereocenters. The molecular formula is C14H24O4. The third-order valence-electron chi connectivity index (χ3n) is 2.79. The van der Waals surface area contributed by atoms with E-state index in [0.29, 0.717) is 18.4 Å². The maximum Gasteiger partial charge on any atom is 0.331 e. The standard InChI is InChI=1S/C14H24O4/c1-2-3-9-12(14(17)18)10-7-5-4-6-8-11-13(15)16/h9H,2-8,10-11H2,1H3,(H,15,16)(H,17,18). The van der Waals surface area contributed by atoms with E-state index in [2.05, 4.69) is 0 Å². The van der Waals surface area contributed by atoms with Gasteiger partial charge in [0, 0.05) is 12.0 Å². The van der Waals surface area contributed by atoms with Gasteiger partial charge < -0.3 is 10.2 Å². The van der Waals surface area contributed by atoms with E-state index < -0.39 is 11.9 Å². The molecule has 0 aliphatic heterocycles. The van der Waals surface area contributed by atoms with Gasteiger partial charge in [-0.15, -0.1) is 0 Å². The number of aliphatic carboxylic acids is 2. The molecule has 0 rings (SSSR count). The van der Waals surface area contributed by atoms with Crippen LogP contribution in [0.2, 0.25) is 0 Å². The maximum absolute atomic E-state index is 10.9. The normalized spacial score (nSPS) is 11.5. The Kier molecular flexibility index (Phi) is 10.0. The number of hydrogen-bond donors (Lipinski definition) is 2. The molecule has 0 aromatic heterocycles. The maximum atomic E-state index is 10.9. The Morgan fingerprint density at radius 1 is 0.944 bits per heavy atom. The second kappa shape index (κ2) is 10.8. The molecular weight excluding hydrogens is 232 g/mol. The summed E-state index contributed by atoms with van der Waals surface area (Å²) in [5.74, 6) is -1.56. The summed E-state index contributed by atoms with van der Waals surface area (Å²) in [6, 6.07) is 0. The third kappa shape index (κ3) is 9.87. The van der Waals surface area contributed by atoms with Crippen LogP contribution in [0.25, 0.3) is 0 Å².